The molecule has 0 saturated heterocycles. The molecular formula is C16H14Cl3N. The van der Waals surface area contributed by atoms with Gasteiger partial charge in [0.15, 0.2) is 0 Å². The van der Waals surface area contributed by atoms with Gasteiger partial charge in [-0.05, 0) is 36.1 Å². The summed E-state index contributed by atoms with van der Waals surface area (Å²) < 4.78 is 0. The molecule has 1 N–H and O–H groups in total. The van der Waals surface area contributed by atoms with E-state index in [2.05, 4.69) is 17.4 Å². The topological polar surface area (TPSA) is 12.0 Å². The maximum atomic E-state index is 6.24. The van der Waals surface area contributed by atoms with E-state index in [-0.39, 0.29) is 0 Å². The van der Waals surface area contributed by atoms with Gasteiger partial charge >= 0.3 is 0 Å². The molecule has 0 amide bonds. The van der Waals surface area contributed by atoms with Crippen LogP contribution < -0.4 is 5.32 Å². The molecule has 1 nitrogen and oxygen atoms in total. The highest BCUT2D eigenvalue weighted by atomic mass is 35.5. The molecule has 3 rings (SSSR count). The first-order chi connectivity index (χ1) is 9.63. The zero-order valence-corrected chi connectivity index (χ0v) is 13.1. The van der Waals surface area contributed by atoms with Crippen LogP contribution in [0.1, 0.15) is 18.4 Å². The second kappa shape index (κ2) is 5.95. The maximum absolute atomic E-state index is 6.24. The van der Waals surface area contributed by atoms with E-state index in [1.54, 1.807) is 12.1 Å². The lowest BCUT2D eigenvalue weighted by molar-refractivity contribution is 0.688. The highest BCUT2D eigenvalue weighted by Crippen LogP contribution is 2.37. The van der Waals surface area contributed by atoms with E-state index >= 15 is 0 Å². The minimum atomic E-state index is 0.550. The summed E-state index contributed by atoms with van der Waals surface area (Å²) in [6.45, 7) is 0.910. The quantitative estimate of drug-likeness (QED) is 0.775. The first-order valence-electron chi connectivity index (χ1n) is 6.61. The molecule has 0 aliphatic heterocycles. The summed E-state index contributed by atoms with van der Waals surface area (Å²) in [6.07, 6.45) is 2.60. The minimum Gasteiger partial charge on any atom is -0.310 e. The standard InChI is InChI=1S/C16H14Cl3N/c17-12-7-14(18)16(15(19)8-12)11-3-1-10(2-4-11)9-20-13-5-6-13/h1-4,7-8,13,20H,5-6,9H2. The van der Waals surface area contributed by atoms with E-state index < -0.39 is 0 Å². The van der Waals surface area contributed by atoms with Crippen LogP contribution in [0.15, 0.2) is 36.4 Å². The van der Waals surface area contributed by atoms with Gasteiger partial charge in [-0.15, -0.1) is 0 Å². The van der Waals surface area contributed by atoms with Crippen LogP contribution in [0.2, 0.25) is 15.1 Å². The van der Waals surface area contributed by atoms with Gasteiger partial charge in [-0.25, -0.2) is 0 Å². The van der Waals surface area contributed by atoms with Crippen LogP contribution in [0.4, 0.5) is 0 Å². The number of benzene rings is 2. The van der Waals surface area contributed by atoms with Crippen molar-refractivity contribution in [2.75, 3.05) is 0 Å². The molecular weight excluding hydrogens is 313 g/mol. The molecule has 1 aliphatic rings. The van der Waals surface area contributed by atoms with Crippen molar-refractivity contribution in [2.24, 2.45) is 0 Å². The Kier molecular flexibility index (Phi) is 4.23. The Morgan fingerprint density at radius 1 is 0.950 bits per heavy atom. The van der Waals surface area contributed by atoms with Crippen molar-refractivity contribution >= 4 is 34.8 Å². The third kappa shape index (κ3) is 3.29. The van der Waals surface area contributed by atoms with Crippen LogP contribution >= 0.6 is 34.8 Å². The van der Waals surface area contributed by atoms with Gasteiger partial charge in [0.1, 0.15) is 0 Å². The molecule has 0 aromatic heterocycles. The van der Waals surface area contributed by atoms with Gasteiger partial charge in [-0.2, -0.15) is 0 Å². The summed E-state index contributed by atoms with van der Waals surface area (Å²) in [5.41, 5.74) is 3.10. The van der Waals surface area contributed by atoms with Gasteiger partial charge in [-0.1, -0.05) is 59.1 Å². The summed E-state index contributed by atoms with van der Waals surface area (Å²) in [5, 5.41) is 5.19. The van der Waals surface area contributed by atoms with Crippen molar-refractivity contribution in [3.63, 3.8) is 0 Å². The molecule has 0 atom stereocenters. The van der Waals surface area contributed by atoms with Gasteiger partial charge in [0.2, 0.25) is 0 Å². The molecule has 2 aromatic rings. The molecule has 1 aliphatic carbocycles. The summed E-state index contributed by atoms with van der Waals surface area (Å²) in [7, 11) is 0. The normalized spacial score (nSPS) is 14.6. The third-order valence-corrected chi connectivity index (χ3v) is 4.24. The number of rotatable bonds is 4. The number of hydrogen-bond donors (Lipinski definition) is 1. The Morgan fingerprint density at radius 3 is 2.10 bits per heavy atom. The van der Waals surface area contributed by atoms with Gasteiger partial charge in [-0.3, -0.25) is 0 Å². The second-order valence-electron chi connectivity index (χ2n) is 5.10. The fourth-order valence-corrected chi connectivity index (χ4v) is 3.19. The highest BCUT2D eigenvalue weighted by molar-refractivity contribution is 6.41. The average Bonchev–Trinajstić information content (AvgIpc) is 3.20. The smallest absolute Gasteiger partial charge is 0.0514 e. The monoisotopic (exact) mass is 325 g/mol. The van der Waals surface area contributed by atoms with Crippen LogP contribution in [0.3, 0.4) is 0 Å². The van der Waals surface area contributed by atoms with Gasteiger partial charge in [0.05, 0.1) is 10.0 Å². The van der Waals surface area contributed by atoms with Crippen molar-refractivity contribution in [3.05, 3.63) is 57.0 Å². The lowest BCUT2D eigenvalue weighted by Gasteiger charge is -2.09. The molecule has 0 spiro atoms. The Hall–Kier alpha value is -0.730. The second-order valence-corrected chi connectivity index (χ2v) is 6.35. The van der Waals surface area contributed by atoms with Gasteiger partial charge in [0, 0.05) is 23.2 Å². The largest absolute Gasteiger partial charge is 0.310 e. The number of halogens is 3. The lowest BCUT2D eigenvalue weighted by Crippen LogP contribution is -2.14. The molecule has 20 heavy (non-hydrogen) atoms. The molecule has 0 bridgehead atoms. The van der Waals surface area contributed by atoms with E-state index in [9.17, 15) is 0 Å². The maximum Gasteiger partial charge on any atom is 0.0514 e. The zero-order valence-electron chi connectivity index (χ0n) is 10.8. The Morgan fingerprint density at radius 2 is 1.55 bits per heavy atom. The van der Waals surface area contributed by atoms with E-state index in [1.807, 2.05) is 12.1 Å². The zero-order chi connectivity index (χ0) is 14.1. The fraction of sp³-hybridized carbons (Fsp3) is 0.250. The predicted octanol–water partition coefficient (Wildman–Crippen LogP) is 5.57. The van der Waals surface area contributed by atoms with Gasteiger partial charge < -0.3 is 5.32 Å². The van der Waals surface area contributed by atoms with E-state index in [4.69, 9.17) is 34.8 Å². The van der Waals surface area contributed by atoms with E-state index in [0.29, 0.717) is 15.1 Å². The SMILES string of the molecule is Clc1cc(Cl)c(-c2ccc(CNC3CC3)cc2)c(Cl)c1. The molecule has 0 heterocycles. The van der Waals surface area contributed by atoms with Gasteiger partial charge in [0.25, 0.3) is 0 Å². The molecule has 4 heteroatoms. The number of hydrogen-bond acceptors (Lipinski definition) is 1. The van der Waals surface area contributed by atoms with Crippen LogP contribution in [0.25, 0.3) is 11.1 Å². The summed E-state index contributed by atoms with van der Waals surface area (Å²) in [4.78, 5) is 0. The van der Waals surface area contributed by atoms with E-state index in [1.165, 1.54) is 18.4 Å². The molecule has 2 aromatic carbocycles. The van der Waals surface area contributed by atoms with Crippen molar-refractivity contribution in [1.82, 2.24) is 5.32 Å². The Bertz CT molecular complexity index is 595. The summed E-state index contributed by atoms with van der Waals surface area (Å²) >= 11 is 18.4. The Balaban J connectivity index is 1.83. The fourth-order valence-electron chi connectivity index (χ4n) is 2.16. The van der Waals surface area contributed by atoms with Crippen molar-refractivity contribution in [3.8, 4) is 11.1 Å². The molecule has 1 saturated carbocycles. The highest BCUT2D eigenvalue weighted by Gasteiger charge is 2.19. The molecule has 0 unspecified atom stereocenters. The average molecular weight is 327 g/mol. The first kappa shape index (κ1) is 14.2. The molecule has 1 fully saturated rings. The lowest BCUT2D eigenvalue weighted by atomic mass is 10.0. The van der Waals surface area contributed by atoms with Crippen LogP contribution in [0, 0.1) is 0 Å². The summed E-state index contributed by atoms with van der Waals surface area (Å²) in [6, 6.07) is 12.4. The van der Waals surface area contributed by atoms with Crippen LogP contribution in [0.5, 0.6) is 0 Å². The van der Waals surface area contributed by atoms with Crippen molar-refractivity contribution < 1.29 is 0 Å². The van der Waals surface area contributed by atoms with Crippen LogP contribution in [-0.4, -0.2) is 6.04 Å². The third-order valence-electron chi connectivity index (χ3n) is 3.42. The summed E-state index contributed by atoms with van der Waals surface area (Å²) in [5.74, 6) is 0. The Labute approximate surface area is 133 Å². The predicted molar refractivity (Wildman–Crippen MR) is 86.8 cm³/mol. The molecule has 104 valence electrons. The van der Waals surface area contributed by atoms with Crippen molar-refractivity contribution in [1.29, 1.82) is 0 Å². The molecule has 0 radical (unpaired) electrons. The van der Waals surface area contributed by atoms with Crippen molar-refractivity contribution in [2.45, 2.75) is 25.4 Å². The first-order valence-corrected chi connectivity index (χ1v) is 7.74. The van der Waals surface area contributed by atoms with Crippen LogP contribution in [-0.2, 0) is 6.54 Å². The van der Waals surface area contributed by atoms with E-state index in [0.717, 1.165) is 23.7 Å². The number of nitrogens with one attached hydrogen (secondary N) is 1. The minimum absolute atomic E-state index is 0.550.